The highest BCUT2D eigenvalue weighted by Crippen LogP contribution is 2.23. The zero-order valence-electron chi connectivity index (χ0n) is 13.4. The fraction of sp³-hybridized carbons (Fsp3) is 0.556. The van der Waals surface area contributed by atoms with Gasteiger partial charge in [-0.3, -0.25) is 4.79 Å². The molecule has 1 fully saturated rings. The van der Waals surface area contributed by atoms with Gasteiger partial charge in [0.1, 0.15) is 6.04 Å². The van der Waals surface area contributed by atoms with E-state index in [0.29, 0.717) is 31.7 Å². The molecule has 0 bridgehead atoms. The smallest absolute Gasteiger partial charge is 0.326 e. The maximum atomic E-state index is 12.4. The predicted molar refractivity (Wildman–Crippen MR) is 85.7 cm³/mol. The summed E-state index contributed by atoms with van der Waals surface area (Å²) in [6, 6.07) is 7.63. The van der Waals surface area contributed by atoms with Crippen molar-refractivity contribution in [2.24, 2.45) is 5.92 Å². The van der Waals surface area contributed by atoms with Gasteiger partial charge in [-0.1, -0.05) is 38.1 Å². The molecule has 1 aliphatic rings. The Balaban J connectivity index is 1.93. The molecule has 22 heavy (non-hydrogen) atoms. The number of rotatable bonds is 5. The molecule has 0 spiro atoms. The standard InChI is InChI=1S/C18H25NO3/c1-3-14-4-6-15(7-5-14)8-9-17(20)19-11-10-13(2)12-16(19)18(21)22/h4-7,13,16H,3,8-12H2,1-2H3,(H,21,22). The third-order valence-electron chi connectivity index (χ3n) is 4.53. The van der Waals surface area contributed by atoms with Crippen LogP contribution >= 0.6 is 0 Å². The minimum atomic E-state index is -0.882. The van der Waals surface area contributed by atoms with Gasteiger partial charge in [0.2, 0.25) is 5.91 Å². The Morgan fingerprint density at radius 2 is 1.86 bits per heavy atom. The second-order valence-corrected chi connectivity index (χ2v) is 6.24. The van der Waals surface area contributed by atoms with E-state index in [0.717, 1.165) is 18.4 Å². The molecule has 2 atom stereocenters. The molecule has 0 aliphatic carbocycles. The van der Waals surface area contributed by atoms with Gasteiger partial charge in [-0.25, -0.2) is 4.79 Å². The maximum absolute atomic E-state index is 12.4. The normalized spacial score (nSPS) is 21.6. The Hall–Kier alpha value is -1.84. The van der Waals surface area contributed by atoms with E-state index in [1.165, 1.54) is 5.56 Å². The largest absolute Gasteiger partial charge is 0.480 e. The first kappa shape index (κ1) is 16.5. The van der Waals surface area contributed by atoms with Gasteiger partial charge in [0.05, 0.1) is 0 Å². The number of carboxylic acid groups (broad SMARTS) is 1. The number of hydrogen-bond acceptors (Lipinski definition) is 2. The van der Waals surface area contributed by atoms with Crippen molar-refractivity contribution in [3.63, 3.8) is 0 Å². The Kier molecular flexibility index (Phi) is 5.58. The van der Waals surface area contributed by atoms with E-state index in [2.05, 4.69) is 31.2 Å². The number of likely N-dealkylation sites (tertiary alicyclic amines) is 1. The summed E-state index contributed by atoms with van der Waals surface area (Å²) in [5, 5.41) is 9.32. The molecular weight excluding hydrogens is 278 g/mol. The van der Waals surface area contributed by atoms with E-state index in [4.69, 9.17) is 0 Å². The molecule has 4 nitrogen and oxygen atoms in total. The zero-order chi connectivity index (χ0) is 16.1. The summed E-state index contributed by atoms with van der Waals surface area (Å²) in [5.74, 6) is -0.558. The van der Waals surface area contributed by atoms with Gasteiger partial charge < -0.3 is 10.0 Å². The number of carbonyl (C=O) groups is 2. The lowest BCUT2D eigenvalue weighted by Crippen LogP contribution is -2.49. The Bertz CT molecular complexity index is 524. The number of aliphatic carboxylic acids is 1. The molecule has 1 aliphatic heterocycles. The van der Waals surface area contributed by atoms with Crippen molar-refractivity contribution in [2.75, 3.05) is 6.54 Å². The van der Waals surface area contributed by atoms with Crippen LogP contribution in [0.2, 0.25) is 0 Å². The minimum absolute atomic E-state index is 0.0427. The first-order chi connectivity index (χ1) is 10.5. The lowest BCUT2D eigenvalue weighted by Gasteiger charge is -2.36. The first-order valence-electron chi connectivity index (χ1n) is 8.11. The molecule has 1 aromatic rings. The van der Waals surface area contributed by atoms with Crippen molar-refractivity contribution in [1.29, 1.82) is 0 Å². The summed E-state index contributed by atoms with van der Waals surface area (Å²) in [6.07, 6.45) is 3.50. The van der Waals surface area contributed by atoms with Crippen LogP contribution in [0.25, 0.3) is 0 Å². The lowest BCUT2D eigenvalue weighted by atomic mass is 9.92. The number of benzene rings is 1. The molecule has 120 valence electrons. The second kappa shape index (κ2) is 7.43. The number of hydrogen-bond donors (Lipinski definition) is 1. The Labute approximate surface area is 132 Å². The van der Waals surface area contributed by atoms with Crippen LogP contribution < -0.4 is 0 Å². The minimum Gasteiger partial charge on any atom is -0.480 e. The van der Waals surface area contributed by atoms with Gasteiger partial charge in [-0.15, -0.1) is 0 Å². The van der Waals surface area contributed by atoms with Crippen molar-refractivity contribution in [3.8, 4) is 0 Å². The molecule has 4 heteroatoms. The molecule has 2 rings (SSSR count). The average Bonchev–Trinajstić information content (AvgIpc) is 2.53. The van der Waals surface area contributed by atoms with Crippen molar-refractivity contribution in [3.05, 3.63) is 35.4 Å². The van der Waals surface area contributed by atoms with E-state index < -0.39 is 12.0 Å². The van der Waals surface area contributed by atoms with Crippen LogP contribution in [0.4, 0.5) is 0 Å². The van der Waals surface area contributed by atoms with Crippen molar-refractivity contribution in [1.82, 2.24) is 4.90 Å². The topological polar surface area (TPSA) is 57.6 Å². The van der Waals surface area contributed by atoms with Crippen LogP contribution in [0, 0.1) is 5.92 Å². The number of carbonyl (C=O) groups excluding carboxylic acids is 1. The van der Waals surface area contributed by atoms with Crippen LogP contribution in [0.5, 0.6) is 0 Å². The maximum Gasteiger partial charge on any atom is 0.326 e. The van der Waals surface area contributed by atoms with E-state index in [-0.39, 0.29) is 5.91 Å². The molecule has 2 unspecified atom stereocenters. The second-order valence-electron chi connectivity index (χ2n) is 6.24. The van der Waals surface area contributed by atoms with Gasteiger partial charge >= 0.3 is 5.97 Å². The molecule has 0 aromatic heterocycles. The average molecular weight is 303 g/mol. The molecule has 0 radical (unpaired) electrons. The van der Waals surface area contributed by atoms with Crippen LogP contribution in [0.15, 0.2) is 24.3 Å². The van der Waals surface area contributed by atoms with Gasteiger partial charge in [-0.05, 0) is 42.7 Å². The fourth-order valence-corrected chi connectivity index (χ4v) is 3.01. The summed E-state index contributed by atoms with van der Waals surface area (Å²) in [4.78, 5) is 25.3. The Morgan fingerprint density at radius 1 is 1.23 bits per heavy atom. The fourth-order valence-electron chi connectivity index (χ4n) is 3.01. The zero-order valence-corrected chi connectivity index (χ0v) is 13.4. The van der Waals surface area contributed by atoms with Crippen LogP contribution in [-0.4, -0.2) is 34.5 Å². The summed E-state index contributed by atoms with van der Waals surface area (Å²) >= 11 is 0. The molecule has 1 heterocycles. The van der Waals surface area contributed by atoms with Gasteiger partial charge in [0.25, 0.3) is 0 Å². The summed E-state index contributed by atoms with van der Waals surface area (Å²) in [7, 11) is 0. The third kappa shape index (κ3) is 4.09. The number of carboxylic acids is 1. The van der Waals surface area contributed by atoms with Gasteiger partial charge in [0, 0.05) is 13.0 Å². The molecule has 0 saturated carbocycles. The molecule has 1 aromatic carbocycles. The van der Waals surface area contributed by atoms with Gasteiger partial charge in [-0.2, -0.15) is 0 Å². The van der Waals surface area contributed by atoms with Crippen LogP contribution in [0.3, 0.4) is 0 Å². The highest BCUT2D eigenvalue weighted by atomic mass is 16.4. The first-order valence-corrected chi connectivity index (χ1v) is 8.11. The Morgan fingerprint density at radius 3 is 2.45 bits per heavy atom. The van der Waals surface area contributed by atoms with Crippen molar-refractivity contribution < 1.29 is 14.7 Å². The highest BCUT2D eigenvalue weighted by molar-refractivity contribution is 5.84. The molecule has 1 N–H and O–H groups in total. The summed E-state index contributed by atoms with van der Waals surface area (Å²) in [6.45, 7) is 4.72. The molecular formula is C18H25NO3. The van der Waals surface area contributed by atoms with Crippen molar-refractivity contribution in [2.45, 2.75) is 52.0 Å². The molecule has 1 amide bonds. The number of amides is 1. The van der Waals surface area contributed by atoms with Gasteiger partial charge in [0.15, 0.2) is 0 Å². The van der Waals surface area contributed by atoms with E-state index in [1.807, 2.05) is 6.92 Å². The van der Waals surface area contributed by atoms with E-state index in [1.54, 1.807) is 4.90 Å². The van der Waals surface area contributed by atoms with Crippen LogP contribution in [-0.2, 0) is 22.4 Å². The highest BCUT2D eigenvalue weighted by Gasteiger charge is 2.34. The number of nitrogens with zero attached hydrogens (tertiary/aromatic N) is 1. The SMILES string of the molecule is CCc1ccc(CCC(=O)N2CCC(C)CC2C(=O)O)cc1. The third-order valence-corrected chi connectivity index (χ3v) is 4.53. The predicted octanol–water partition coefficient (Wildman–Crippen LogP) is 2.89. The lowest BCUT2D eigenvalue weighted by molar-refractivity contribution is -0.153. The quantitative estimate of drug-likeness (QED) is 0.910. The summed E-state index contributed by atoms with van der Waals surface area (Å²) < 4.78 is 0. The number of piperidine rings is 1. The number of aryl methyl sites for hydroxylation is 2. The summed E-state index contributed by atoms with van der Waals surface area (Å²) in [5.41, 5.74) is 2.41. The van der Waals surface area contributed by atoms with Crippen LogP contribution in [0.1, 0.15) is 44.2 Å². The van der Waals surface area contributed by atoms with E-state index in [9.17, 15) is 14.7 Å². The monoisotopic (exact) mass is 303 g/mol. The van der Waals surface area contributed by atoms with Crippen molar-refractivity contribution >= 4 is 11.9 Å². The van der Waals surface area contributed by atoms with E-state index >= 15 is 0 Å². The molecule has 1 saturated heterocycles.